The second-order valence-corrected chi connectivity index (χ2v) is 8.64. The Morgan fingerprint density at radius 1 is 1.13 bits per heavy atom. The molecule has 1 aliphatic rings. The normalized spacial score (nSPS) is 19.0. The number of fused-ring (bicyclic) bond motifs is 1. The summed E-state index contributed by atoms with van der Waals surface area (Å²) in [6.45, 7) is 0.613. The van der Waals surface area contributed by atoms with Gasteiger partial charge in [-0.3, -0.25) is 9.69 Å². The van der Waals surface area contributed by atoms with Crippen LogP contribution < -0.4 is 5.32 Å². The van der Waals surface area contributed by atoms with Crippen molar-refractivity contribution in [1.29, 1.82) is 0 Å². The van der Waals surface area contributed by atoms with Crippen LogP contribution in [-0.4, -0.2) is 36.4 Å². The molecule has 0 radical (unpaired) electrons. The van der Waals surface area contributed by atoms with Crippen LogP contribution >= 0.6 is 0 Å². The van der Waals surface area contributed by atoms with Crippen LogP contribution in [0.2, 0.25) is 0 Å². The molecular weight excluding hydrogens is 389 g/mol. The quantitative estimate of drug-likeness (QED) is 0.557. The number of aromatic nitrogens is 1. The molecule has 1 amide bonds. The number of hydrogen-bond donors (Lipinski definition) is 2. The molecule has 2 N–H and O–H groups in total. The maximum Gasteiger partial charge on any atom is 0.243 e. The van der Waals surface area contributed by atoms with Gasteiger partial charge >= 0.3 is 0 Å². The molecule has 0 unspecified atom stereocenters. The molecule has 4 nitrogen and oxygen atoms in total. The highest BCUT2D eigenvalue weighted by atomic mass is 19.1. The van der Waals surface area contributed by atoms with E-state index in [0.717, 1.165) is 43.2 Å². The minimum atomic E-state index is -0.210. The molecule has 5 heteroatoms. The molecule has 0 bridgehead atoms. The van der Waals surface area contributed by atoms with Gasteiger partial charge in [0, 0.05) is 35.3 Å². The molecule has 1 aromatic heterocycles. The molecular formula is C26H30FN3O. The maximum atomic E-state index is 13.4. The van der Waals surface area contributed by atoms with E-state index in [2.05, 4.69) is 41.4 Å². The highest BCUT2D eigenvalue weighted by Crippen LogP contribution is 2.42. The van der Waals surface area contributed by atoms with Crippen molar-refractivity contribution in [2.24, 2.45) is 0 Å². The van der Waals surface area contributed by atoms with Crippen molar-refractivity contribution in [1.82, 2.24) is 15.2 Å². The van der Waals surface area contributed by atoms with Gasteiger partial charge in [0.15, 0.2) is 0 Å². The number of carbonyl (C=O) groups excluding carboxylic acids is 1. The molecule has 2 aromatic carbocycles. The van der Waals surface area contributed by atoms with Crippen molar-refractivity contribution in [3.63, 3.8) is 0 Å². The van der Waals surface area contributed by atoms with Crippen LogP contribution in [0.3, 0.4) is 0 Å². The van der Waals surface area contributed by atoms with Gasteiger partial charge in [0.25, 0.3) is 0 Å². The van der Waals surface area contributed by atoms with Crippen LogP contribution in [-0.2, 0) is 16.8 Å². The van der Waals surface area contributed by atoms with Gasteiger partial charge in [0.05, 0.1) is 0 Å². The maximum absolute atomic E-state index is 13.4. The third kappa shape index (κ3) is 4.57. The summed E-state index contributed by atoms with van der Waals surface area (Å²) in [7, 11) is 4.16. The Morgan fingerprint density at radius 3 is 2.55 bits per heavy atom. The first-order valence-electron chi connectivity index (χ1n) is 10.9. The minimum Gasteiger partial charge on any atom is -0.361 e. The zero-order valence-corrected chi connectivity index (χ0v) is 18.2. The molecule has 162 valence electrons. The number of benzene rings is 2. The van der Waals surface area contributed by atoms with E-state index in [-0.39, 0.29) is 17.3 Å². The van der Waals surface area contributed by atoms with E-state index >= 15 is 0 Å². The predicted molar refractivity (Wildman–Crippen MR) is 123 cm³/mol. The second kappa shape index (κ2) is 9.06. The van der Waals surface area contributed by atoms with E-state index in [1.54, 1.807) is 6.08 Å². The van der Waals surface area contributed by atoms with Gasteiger partial charge in [-0.05, 0) is 75.5 Å². The first-order valence-corrected chi connectivity index (χ1v) is 10.9. The Bertz CT molecular complexity index is 1070. The molecule has 31 heavy (non-hydrogen) atoms. The largest absolute Gasteiger partial charge is 0.361 e. The zero-order chi connectivity index (χ0) is 21.8. The molecule has 1 aliphatic carbocycles. The van der Waals surface area contributed by atoms with E-state index in [9.17, 15) is 9.18 Å². The molecule has 0 atom stereocenters. The molecule has 3 aromatic rings. The van der Waals surface area contributed by atoms with Crippen LogP contribution in [0.5, 0.6) is 0 Å². The topological polar surface area (TPSA) is 48.1 Å². The molecule has 0 saturated heterocycles. The number of rotatable bonds is 6. The lowest BCUT2D eigenvalue weighted by molar-refractivity contribution is -0.116. The van der Waals surface area contributed by atoms with Gasteiger partial charge in [0.1, 0.15) is 5.82 Å². The fourth-order valence-electron chi connectivity index (χ4n) is 4.78. The van der Waals surface area contributed by atoms with Crippen molar-refractivity contribution in [2.75, 3.05) is 20.6 Å². The number of hydrogen-bond acceptors (Lipinski definition) is 2. The Morgan fingerprint density at radius 2 is 1.84 bits per heavy atom. The summed E-state index contributed by atoms with van der Waals surface area (Å²) in [6, 6.07) is 15.1. The van der Waals surface area contributed by atoms with Crippen molar-refractivity contribution < 1.29 is 9.18 Å². The van der Waals surface area contributed by atoms with Gasteiger partial charge < -0.3 is 10.3 Å². The molecule has 0 spiro atoms. The summed E-state index contributed by atoms with van der Waals surface area (Å²) >= 11 is 0. The average Bonchev–Trinajstić information content (AvgIpc) is 3.18. The van der Waals surface area contributed by atoms with E-state index < -0.39 is 0 Å². The Balaban J connectivity index is 1.33. The van der Waals surface area contributed by atoms with Gasteiger partial charge in [-0.15, -0.1) is 0 Å². The Kier molecular flexibility index (Phi) is 6.23. The van der Waals surface area contributed by atoms with Gasteiger partial charge in [-0.25, -0.2) is 4.39 Å². The number of para-hydroxylation sites is 1. The SMILES string of the molecule is CN(C)C1(c2ccc(F)cc2)CCC(=CC(=O)NCCc2c[nH]c3ccccc23)CC1. The summed E-state index contributed by atoms with van der Waals surface area (Å²) in [5.74, 6) is -0.229. The number of nitrogens with zero attached hydrogens (tertiary/aromatic N) is 1. The summed E-state index contributed by atoms with van der Waals surface area (Å²) < 4.78 is 13.4. The van der Waals surface area contributed by atoms with Crippen LogP contribution in [0.25, 0.3) is 10.9 Å². The fraction of sp³-hybridized carbons (Fsp3) is 0.346. The molecule has 0 aliphatic heterocycles. The van der Waals surface area contributed by atoms with Crippen molar-refractivity contribution in [3.05, 3.63) is 83.3 Å². The summed E-state index contributed by atoms with van der Waals surface area (Å²) in [6.07, 6.45) is 8.16. The standard InChI is InChI=1S/C26H30FN3O/c1-30(2)26(21-7-9-22(27)10-8-21)14-11-19(12-15-26)17-25(31)28-16-13-20-18-29-24-6-4-3-5-23(20)24/h3-10,17-18,29H,11-16H2,1-2H3,(H,28,31). The summed E-state index contributed by atoms with van der Waals surface area (Å²) in [5.41, 5.74) is 4.55. The number of aromatic amines is 1. The fourth-order valence-corrected chi connectivity index (χ4v) is 4.78. The first-order chi connectivity index (χ1) is 15.0. The highest BCUT2D eigenvalue weighted by Gasteiger charge is 2.37. The minimum absolute atomic E-state index is 0.0195. The number of nitrogens with one attached hydrogen (secondary N) is 2. The molecule has 4 rings (SSSR count). The lowest BCUT2D eigenvalue weighted by atomic mass is 9.74. The van der Waals surface area contributed by atoms with Gasteiger partial charge in [-0.1, -0.05) is 35.9 Å². The van der Waals surface area contributed by atoms with Gasteiger partial charge in [0.2, 0.25) is 5.91 Å². The van der Waals surface area contributed by atoms with Crippen LogP contribution in [0.1, 0.15) is 36.8 Å². The van der Waals surface area contributed by atoms with Crippen LogP contribution in [0, 0.1) is 5.82 Å². The first kappa shape index (κ1) is 21.3. The smallest absolute Gasteiger partial charge is 0.243 e. The van der Waals surface area contributed by atoms with E-state index in [1.165, 1.54) is 28.7 Å². The van der Waals surface area contributed by atoms with E-state index in [4.69, 9.17) is 0 Å². The van der Waals surface area contributed by atoms with Crippen LogP contribution in [0.15, 0.2) is 66.4 Å². The number of allylic oxidation sites excluding steroid dienone is 1. The third-order valence-corrected chi connectivity index (χ3v) is 6.66. The van der Waals surface area contributed by atoms with Crippen molar-refractivity contribution in [2.45, 2.75) is 37.6 Å². The lowest BCUT2D eigenvalue weighted by Gasteiger charge is -2.44. The van der Waals surface area contributed by atoms with E-state index in [1.807, 2.05) is 30.5 Å². The highest BCUT2D eigenvalue weighted by molar-refractivity contribution is 5.88. The van der Waals surface area contributed by atoms with Crippen LogP contribution in [0.4, 0.5) is 4.39 Å². The average molecular weight is 420 g/mol. The predicted octanol–water partition coefficient (Wildman–Crippen LogP) is 4.92. The monoisotopic (exact) mass is 419 g/mol. The lowest BCUT2D eigenvalue weighted by Crippen LogP contribution is -2.43. The van der Waals surface area contributed by atoms with Gasteiger partial charge in [-0.2, -0.15) is 0 Å². The zero-order valence-electron chi connectivity index (χ0n) is 18.2. The number of H-pyrrole nitrogens is 1. The molecule has 1 saturated carbocycles. The number of amides is 1. The molecule has 1 fully saturated rings. The third-order valence-electron chi connectivity index (χ3n) is 6.66. The molecule has 1 heterocycles. The van der Waals surface area contributed by atoms with Crippen molar-refractivity contribution in [3.8, 4) is 0 Å². The number of carbonyl (C=O) groups is 1. The number of halogens is 1. The summed E-state index contributed by atoms with van der Waals surface area (Å²) in [5, 5.41) is 4.24. The Labute approximate surface area is 183 Å². The van der Waals surface area contributed by atoms with Crippen molar-refractivity contribution >= 4 is 16.8 Å². The van der Waals surface area contributed by atoms with E-state index in [0.29, 0.717) is 6.54 Å². The second-order valence-electron chi connectivity index (χ2n) is 8.64. The summed E-state index contributed by atoms with van der Waals surface area (Å²) in [4.78, 5) is 18.0. The Hall–Kier alpha value is -2.92.